The van der Waals surface area contributed by atoms with Crippen LogP contribution in [-0.4, -0.2) is 18.7 Å². The van der Waals surface area contributed by atoms with E-state index < -0.39 is 0 Å². The molecule has 18 heavy (non-hydrogen) atoms. The molecule has 1 aromatic heterocycles. The molecular formula is C14H21BN2O. The second kappa shape index (κ2) is 5.85. The maximum Gasteiger partial charge on any atom is 0.249 e. The molecule has 1 aromatic rings. The summed E-state index contributed by atoms with van der Waals surface area (Å²) < 4.78 is 0. The van der Waals surface area contributed by atoms with Crippen molar-refractivity contribution < 1.29 is 4.79 Å². The molecule has 0 aromatic carbocycles. The second-order valence-corrected chi connectivity index (χ2v) is 5.19. The van der Waals surface area contributed by atoms with Gasteiger partial charge in [0.25, 0.3) is 0 Å². The van der Waals surface area contributed by atoms with Crippen LogP contribution < -0.4 is 10.9 Å². The number of pyridine rings is 1. The Morgan fingerprint density at radius 3 is 2.56 bits per heavy atom. The topological polar surface area (TPSA) is 42.0 Å². The molecule has 96 valence electrons. The molecule has 0 unspecified atom stereocenters. The molecule has 4 heteroatoms. The molecule has 1 rings (SSSR count). The first-order valence-corrected chi connectivity index (χ1v) is 6.25. The van der Waals surface area contributed by atoms with E-state index in [2.05, 4.69) is 30.2 Å². The van der Waals surface area contributed by atoms with Crippen LogP contribution >= 0.6 is 0 Å². The lowest BCUT2D eigenvalue weighted by atomic mass is 9.94. The molecule has 0 fully saturated rings. The summed E-state index contributed by atoms with van der Waals surface area (Å²) in [6.45, 7) is 10.0. The van der Waals surface area contributed by atoms with Gasteiger partial charge >= 0.3 is 0 Å². The Kier molecular flexibility index (Phi) is 4.71. The zero-order valence-corrected chi connectivity index (χ0v) is 12.1. The normalized spacial score (nSPS) is 10.3. The summed E-state index contributed by atoms with van der Waals surface area (Å²) in [7, 11) is 1.95. The molecule has 0 bridgehead atoms. The van der Waals surface area contributed by atoms with Crippen LogP contribution in [-0.2, 0) is 4.79 Å². The van der Waals surface area contributed by atoms with Gasteiger partial charge in [-0.2, -0.15) is 0 Å². The highest BCUT2D eigenvalue weighted by molar-refractivity contribution is 6.31. The highest BCUT2D eigenvalue weighted by Crippen LogP contribution is 2.22. The molecule has 0 spiro atoms. The third kappa shape index (κ3) is 3.72. The average molecular weight is 244 g/mol. The van der Waals surface area contributed by atoms with Crippen molar-refractivity contribution in [3.63, 3.8) is 0 Å². The lowest BCUT2D eigenvalue weighted by molar-refractivity contribution is -0.112. The van der Waals surface area contributed by atoms with Gasteiger partial charge in [0.2, 0.25) is 5.91 Å². The van der Waals surface area contributed by atoms with E-state index >= 15 is 0 Å². The number of aryl methyl sites for hydroxylation is 1. The van der Waals surface area contributed by atoms with Crippen molar-refractivity contribution in [2.45, 2.75) is 40.5 Å². The number of hydrogen-bond acceptors (Lipinski definition) is 2. The zero-order valence-electron chi connectivity index (χ0n) is 12.1. The van der Waals surface area contributed by atoms with Crippen LogP contribution in [0.25, 0.3) is 0 Å². The smallest absolute Gasteiger partial charge is 0.249 e. The van der Waals surface area contributed by atoms with E-state index in [1.54, 1.807) is 6.08 Å². The highest BCUT2D eigenvalue weighted by Gasteiger charge is 2.12. The Morgan fingerprint density at radius 1 is 1.44 bits per heavy atom. The van der Waals surface area contributed by atoms with Crippen molar-refractivity contribution in [2.75, 3.05) is 5.32 Å². The molecular weight excluding hydrogens is 223 g/mol. The standard InChI is InChI=1S/C14H21BN2O/c1-8(2)6-12(18)16-14-11(9(3)4)7-10(5)13(15)17-14/h6-7,9H,15H2,1-5H3,(H,16,17,18). The summed E-state index contributed by atoms with van der Waals surface area (Å²) in [6.07, 6.45) is 1.58. The summed E-state index contributed by atoms with van der Waals surface area (Å²) in [5, 5.41) is 2.86. The monoisotopic (exact) mass is 244 g/mol. The van der Waals surface area contributed by atoms with Gasteiger partial charge in [-0.25, -0.2) is 4.98 Å². The van der Waals surface area contributed by atoms with E-state index in [0.29, 0.717) is 11.7 Å². The van der Waals surface area contributed by atoms with E-state index in [1.165, 1.54) is 0 Å². The van der Waals surface area contributed by atoms with Gasteiger partial charge in [0.15, 0.2) is 7.85 Å². The van der Waals surface area contributed by atoms with Gasteiger partial charge in [-0.3, -0.25) is 4.79 Å². The van der Waals surface area contributed by atoms with E-state index in [4.69, 9.17) is 0 Å². The number of nitrogens with zero attached hydrogens (tertiary/aromatic N) is 1. The first kappa shape index (κ1) is 14.5. The van der Waals surface area contributed by atoms with Crippen LogP contribution in [0.1, 0.15) is 44.7 Å². The quantitative estimate of drug-likeness (QED) is 0.649. The van der Waals surface area contributed by atoms with Crippen LogP contribution in [0.5, 0.6) is 0 Å². The van der Waals surface area contributed by atoms with E-state index in [-0.39, 0.29) is 5.91 Å². The van der Waals surface area contributed by atoms with Crippen molar-refractivity contribution in [1.29, 1.82) is 0 Å². The van der Waals surface area contributed by atoms with Gasteiger partial charge in [-0.1, -0.05) is 25.5 Å². The third-order valence-electron chi connectivity index (χ3n) is 2.78. The van der Waals surface area contributed by atoms with Crippen LogP contribution in [0.4, 0.5) is 5.82 Å². The largest absolute Gasteiger partial charge is 0.307 e. The number of rotatable bonds is 3. The number of nitrogens with one attached hydrogen (secondary N) is 1. The van der Waals surface area contributed by atoms with Crippen molar-refractivity contribution >= 4 is 25.2 Å². The Labute approximate surface area is 110 Å². The number of carbonyl (C=O) groups excluding carboxylic acids is 1. The third-order valence-corrected chi connectivity index (χ3v) is 2.78. The fraction of sp³-hybridized carbons (Fsp3) is 0.429. The Hall–Kier alpha value is -1.58. The van der Waals surface area contributed by atoms with Gasteiger partial charge in [0, 0.05) is 11.7 Å². The molecule has 0 radical (unpaired) electrons. The molecule has 1 N–H and O–H groups in total. The van der Waals surface area contributed by atoms with Crippen LogP contribution in [0.15, 0.2) is 17.7 Å². The summed E-state index contributed by atoms with van der Waals surface area (Å²) in [5.41, 5.74) is 4.15. The number of carbonyl (C=O) groups is 1. The lowest BCUT2D eigenvalue weighted by Gasteiger charge is -2.15. The van der Waals surface area contributed by atoms with E-state index in [0.717, 1.165) is 22.3 Å². The second-order valence-electron chi connectivity index (χ2n) is 5.19. The Balaban J connectivity index is 3.11. The van der Waals surface area contributed by atoms with Crippen molar-refractivity contribution in [3.05, 3.63) is 28.8 Å². The predicted octanol–water partition coefficient (Wildman–Crippen LogP) is 1.68. The maximum absolute atomic E-state index is 11.8. The molecule has 0 aliphatic heterocycles. The molecule has 3 nitrogen and oxygen atoms in total. The minimum absolute atomic E-state index is 0.118. The minimum atomic E-state index is -0.118. The summed E-state index contributed by atoms with van der Waals surface area (Å²) in [4.78, 5) is 16.2. The Morgan fingerprint density at radius 2 is 2.06 bits per heavy atom. The fourth-order valence-electron chi connectivity index (χ4n) is 1.68. The first-order valence-electron chi connectivity index (χ1n) is 6.25. The van der Waals surface area contributed by atoms with E-state index in [9.17, 15) is 4.79 Å². The molecule has 0 saturated heterocycles. The van der Waals surface area contributed by atoms with Gasteiger partial charge in [0.1, 0.15) is 5.82 Å². The molecule has 0 aliphatic carbocycles. The molecule has 0 saturated carbocycles. The number of hydrogen-bond donors (Lipinski definition) is 1. The van der Waals surface area contributed by atoms with Crippen molar-refractivity contribution in [2.24, 2.45) is 0 Å². The SMILES string of the molecule is Bc1nc(NC(=O)C=C(C)C)c(C(C)C)cc1C. The van der Waals surface area contributed by atoms with Crippen molar-refractivity contribution in [1.82, 2.24) is 4.98 Å². The van der Waals surface area contributed by atoms with Crippen LogP contribution in [0.3, 0.4) is 0 Å². The van der Waals surface area contributed by atoms with Gasteiger partial charge in [-0.05, 0) is 37.8 Å². The highest BCUT2D eigenvalue weighted by atomic mass is 16.1. The molecule has 1 amide bonds. The zero-order chi connectivity index (χ0) is 13.9. The van der Waals surface area contributed by atoms with Gasteiger partial charge in [-0.15, -0.1) is 0 Å². The number of aromatic nitrogens is 1. The lowest BCUT2D eigenvalue weighted by Crippen LogP contribution is -2.20. The van der Waals surface area contributed by atoms with Crippen molar-refractivity contribution in [3.8, 4) is 0 Å². The van der Waals surface area contributed by atoms with Gasteiger partial charge < -0.3 is 5.32 Å². The summed E-state index contributed by atoms with van der Waals surface area (Å²) in [5.74, 6) is 0.891. The molecule has 0 atom stereocenters. The summed E-state index contributed by atoms with van der Waals surface area (Å²) in [6, 6.07) is 2.10. The Bertz CT molecular complexity index is 489. The van der Waals surface area contributed by atoms with Crippen LogP contribution in [0.2, 0.25) is 0 Å². The van der Waals surface area contributed by atoms with Crippen LogP contribution in [0, 0.1) is 6.92 Å². The summed E-state index contributed by atoms with van der Waals surface area (Å²) >= 11 is 0. The predicted molar refractivity (Wildman–Crippen MR) is 79.3 cm³/mol. The van der Waals surface area contributed by atoms with E-state index in [1.807, 2.05) is 28.6 Å². The number of amides is 1. The number of anilines is 1. The maximum atomic E-state index is 11.8. The molecule has 0 aliphatic rings. The average Bonchev–Trinajstić information content (AvgIpc) is 2.21. The fourth-order valence-corrected chi connectivity index (χ4v) is 1.68. The number of allylic oxidation sites excluding steroid dienone is 1. The minimum Gasteiger partial charge on any atom is -0.307 e. The van der Waals surface area contributed by atoms with Gasteiger partial charge in [0.05, 0.1) is 0 Å². The molecule has 1 heterocycles. The first-order chi connectivity index (χ1) is 8.31.